The molecule has 2 rings (SSSR count). The van der Waals surface area contributed by atoms with E-state index in [0.29, 0.717) is 24.0 Å². The third kappa shape index (κ3) is 4.23. The number of carbonyl (C=O) groups is 1. The van der Waals surface area contributed by atoms with Crippen molar-refractivity contribution in [3.63, 3.8) is 0 Å². The van der Waals surface area contributed by atoms with Crippen molar-refractivity contribution in [2.45, 2.75) is 31.1 Å². The summed E-state index contributed by atoms with van der Waals surface area (Å²) in [5, 5.41) is 8.95. The summed E-state index contributed by atoms with van der Waals surface area (Å²) in [6.07, 6.45) is 0. The third-order valence-electron chi connectivity index (χ3n) is 3.38. The quantitative estimate of drug-likeness (QED) is 0.810. The molecule has 0 amide bonds. The first kappa shape index (κ1) is 18.2. The van der Waals surface area contributed by atoms with Gasteiger partial charge in [0.25, 0.3) is 0 Å². The molecule has 1 fully saturated rings. The Morgan fingerprint density at radius 2 is 2.13 bits per heavy atom. The van der Waals surface area contributed by atoms with Gasteiger partial charge in [0.1, 0.15) is 11.3 Å². The first-order valence-electron chi connectivity index (χ1n) is 7.06. The maximum absolute atomic E-state index is 12.4. The molecule has 1 saturated heterocycles. The number of carboxylic acids is 1. The molecule has 1 heterocycles. The molecule has 0 spiro atoms. The van der Waals surface area contributed by atoms with E-state index in [4.69, 9.17) is 26.2 Å². The summed E-state index contributed by atoms with van der Waals surface area (Å²) < 4.78 is 25.5. The Kier molecular flexibility index (Phi) is 5.35. The van der Waals surface area contributed by atoms with E-state index in [1.54, 1.807) is 18.2 Å². The number of halogens is 1. The van der Waals surface area contributed by atoms with E-state index in [1.165, 1.54) is 0 Å². The summed E-state index contributed by atoms with van der Waals surface area (Å²) in [6, 6.07) is 5.08. The van der Waals surface area contributed by atoms with Crippen molar-refractivity contribution in [1.29, 1.82) is 0 Å². The molecule has 1 aliphatic heterocycles. The molecular formula is C15H20ClNO5S. The van der Waals surface area contributed by atoms with Crippen LogP contribution in [0.4, 0.5) is 0 Å². The minimum Gasteiger partial charge on any atom is -0.480 e. The zero-order chi connectivity index (χ0) is 17.3. The average Bonchev–Trinajstić information content (AvgIpc) is 2.40. The van der Waals surface area contributed by atoms with E-state index in [9.17, 15) is 9.00 Å². The van der Waals surface area contributed by atoms with E-state index < -0.39 is 33.8 Å². The number of hydrogen-bond acceptors (Lipinski definition) is 4. The van der Waals surface area contributed by atoms with E-state index in [1.807, 2.05) is 20.8 Å². The number of hydrogen-bond donors (Lipinski definition) is 2. The lowest BCUT2D eigenvalue weighted by molar-refractivity contribution is -0.139. The van der Waals surface area contributed by atoms with Crippen molar-refractivity contribution < 1.29 is 23.6 Å². The summed E-state index contributed by atoms with van der Waals surface area (Å²) in [7, 11) is -1.26. The molecule has 2 N–H and O–H groups in total. The SMILES string of the molecule is CC(C)(C)S(=O)NC1(c2ccc(OCC(=O)O)c(Cl)c2)COC1. The number of ether oxygens (including phenoxy) is 2. The van der Waals surface area contributed by atoms with Crippen LogP contribution in [0.15, 0.2) is 18.2 Å². The highest BCUT2D eigenvalue weighted by molar-refractivity contribution is 7.84. The normalized spacial score (nSPS) is 18.1. The Balaban J connectivity index is 2.20. The summed E-state index contributed by atoms with van der Waals surface area (Å²) in [5.41, 5.74) is 0.265. The Morgan fingerprint density at radius 3 is 2.57 bits per heavy atom. The smallest absolute Gasteiger partial charge is 0.341 e. The lowest BCUT2D eigenvalue weighted by Gasteiger charge is -2.43. The molecule has 1 aliphatic rings. The van der Waals surface area contributed by atoms with Crippen molar-refractivity contribution >= 4 is 28.6 Å². The monoisotopic (exact) mass is 361 g/mol. The van der Waals surface area contributed by atoms with Gasteiger partial charge in [-0.25, -0.2) is 13.7 Å². The second-order valence-corrected chi connectivity index (χ2v) is 8.76. The zero-order valence-electron chi connectivity index (χ0n) is 13.2. The second-order valence-electron chi connectivity index (χ2n) is 6.39. The van der Waals surface area contributed by atoms with Crippen molar-refractivity contribution in [2.24, 2.45) is 0 Å². The second kappa shape index (κ2) is 6.76. The third-order valence-corrected chi connectivity index (χ3v) is 5.36. The van der Waals surface area contributed by atoms with E-state index >= 15 is 0 Å². The first-order valence-corrected chi connectivity index (χ1v) is 8.59. The van der Waals surface area contributed by atoms with Crippen LogP contribution < -0.4 is 9.46 Å². The van der Waals surface area contributed by atoms with Crippen LogP contribution in [0.5, 0.6) is 5.75 Å². The number of nitrogens with one attached hydrogen (secondary N) is 1. The molecule has 0 aromatic heterocycles. The fraction of sp³-hybridized carbons (Fsp3) is 0.533. The van der Waals surface area contributed by atoms with E-state index in [0.717, 1.165) is 5.56 Å². The van der Waals surface area contributed by atoms with Gasteiger partial charge in [-0.1, -0.05) is 17.7 Å². The fourth-order valence-corrected chi connectivity index (χ4v) is 3.11. The first-order chi connectivity index (χ1) is 10.6. The summed E-state index contributed by atoms with van der Waals surface area (Å²) in [4.78, 5) is 10.6. The zero-order valence-corrected chi connectivity index (χ0v) is 14.8. The summed E-state index contributed by atoms with van der Waals surface area (Å²) in [6.45, 7) is 5.98. The van der Waals surface area contributed by atoms with Gasteiger partial charge < -0.3 is 14.6 Å². The molecule has 1 aromatic rings. The number of rotatable bonds is 6. The Morgan fingerprint density at radius 1 is 1.48 bits per heavy atom. The van der Waals surface area contributed by atoms with Crippen molar-refractivity contribution in [1.82, 2.24) is 4.72 Å². The standard InChI is InChI=1S/C15H20ClNO5S/c1-14(2,3)23(20)17-15(8-21-9-15)10-4-5-12(11(16)6-10)22-7-13(18)19/h4-6,17H,7-9H2,1-3H3,(H,18,19). The topological polar surface area (TPSA) is 84.9 Å². The Labute approximate surface area is 142 Å². The van der Waals surface area contributed by atoms with Crippen molar-refractivity contribution in [3.8, 4) is 5.75 Å². The van der Waals surface area contributed by atoms with Gasteiger partial charge in [-0.3, -0.25) is 0 Å². The lowest BCUT2D eigenvalue weighted by atomic mass is 9.89. The van der Waals surface area contributed by atoms with Crippen LogP contribution in [0.2, 0.25) is 5.02 Å². The fourth-order valence-electron chi connectivity index (χ4n) is 1.98. The van der Waals surface area contributed by atoms with Crippen LogP contribution >= 0.6 is 11.6 Å². The average molecular weight is 362 g/mol. The van der Waals surface area contributed by atoms with Gasteiger partial charge in [0, 0.05) is 0 Å². The highest BCUT2D eigenvalue weighted by Crippen LogP contribution is 2.35. The van der Waals surface area contributed by atoms with Gasteiger partial charge in [0.05, 0.1) is 34.0 Å². The Hall–Kier alpha value is -1.15. The van der Waals surface area contributed by atoms with Crippen LogP contribution in [0.3, 0.4) is 0 Å². The molecular weight excluding hydrogens is 342 g/mol. The van der Waals surface area contributed by atoms with E-state index in [-0.39, 0.29) is 0 Å². The predicted molar refractivity (Wildman–Crippen MR) is 88.1 cm³/mol. The maximum atomic E-state index is 12.4. The molecule has 0 saturated carbocycles. The molecule has 0 aliphatic carbocycles. The van der Waals surface area contributed by atoms with Crippen LogP contribution in [-0.2, 0) is 26.1 Å². The van der Waals surface area contributed by atoms with Crippen molar-refractivity contribution in [3.05, 3.63) is 28.8 Å². The lowest BCUT2D eigenvalue weighted by Crippen LogP contribution is -2.59. The highest BCUT2D eigenvalue weighted by Gasteiger charge is 2.43. The van der Waals surface area contributed by atoms with E-state index in [2.05, 4.69) is 4.72 Å². The highest BCUT2D eigenvalue weighted by atomic mass is 35.5. The molecule has 1 unspecified atom stereocenters. The molecule has 0 bridgehead atoms. The van der Waals surface area contributed by atoms with Crippen LogP contribution in [0.25, 0.3) is 0 Å². The number of benzene rings is 1. The van der Waals surface area contributed by atoms with Crippen molar-refractivity contribution in [2.75, 3.05) is 19.8 Å². The summed E-state index contributed by atoms with van der Waals surface area (Å²) >= 11 is 6.16. The molecule has 128 valence electrons. The number of carboxylic acid groups (broad SMARTS) is 1. The van der Waals surface area contributed by atoms with Gasteiger partial charge in [0.15, 0.2) is 6.61 Å². The van der Waals surface area contributed by atoms with Gasteiger partial charge in [-0.2, -0.15) is 0 Å². The molecule has 6 nitrogen and oxygen atoms in total. The maximum Gasteiger partial charge on any atom is 0.341 e. The minimum absolute atomic E-state index is 0.296. The molecule has 1 aromatic carbocycles. The van der Waals surface area contributed by atoms with Crippen LogP contribution in [0, 0.1) is 0 Å². The minimum atomic E-state index is -1.26. The number of aliphatic carboxylic acids is 1. The molecule has 23 heavy (non-hydrogen) atoms. The summed E-state index contributed by atoms with van der Waals surface area (Å²) in [5.74, 6) is -0.776. The van der Waals surface area contributed by atoms with Gasteiger partial charge >= 0.3 is 5.97 Å². The van der Waals surface area contributed by atoms with Gasteiger partial charge in [-0.15, -0.1) is 0 Å². The molecule has 1 atom stereocenters. The van der Waals surface area contributed by atoms with Crippen LogP contribution in [0.1, 0.15) is 26.3 Å². The predicted octanol–water partition coefficient (Wildman–Crippen LogP) is 2.08. The van der Waals surface area contributed by atoms with Gasteiger partial charge in [-0.05, 0) is 38.5 Å². The van der Waals surface area contributed by atoms with Crippen LogP contribution in [-0.4, -0.2) is 39.9 Å². The molecule has 0 radical (unpaired) electrons. The van der Waals surface area contributed by atoms with Gasteiger partial charge in [0.2, 0.25) is 0 Å². The largest absolute Gasteiger partial charge is 0.480 e. The Bertz CT molecular complexity index is 625. The molecule has 8 heteroatoms.